The SMILES string of the molecule is CC(=O)NCCOCCn1cc(CCCCCCO[C@]2(C(=O)O)C[C@H](O)[C@@H](NC(C)=O)[C@H]([C@H](O)[C@H](O)CNC(=O)c3cccc(Cl)c3)O2)nn1. The van der Waals surface area contributed by atoms with Crippen LogP contribution in [0.2, 0.25) is 5.02 Å². The number of carbonyl (C=O) groups excluding carboxylic acids is 3. The molecule has 0 saturated carbocycles. The normalized spacial score (nSPS) is 21.6. The maximum Gasteiger partial charge on any atom is 0.364 e. The Labute approximate surface area is 294 Å². The van der Waals surface area contributed by atoms with E-state index in [0.29, 0.717) is 50.6 Å². The van der Waals surface area contributed by atoms with Gasteiger partial charge in [0.05, 0.1) is 50.3 Å². The molecule has 0 unspecified atom stereocenters. The van der Waals surface area contributed by atoms with Gasteiger partial charge in [0.2, 0.25) is 11.8 Å². The lowest BCUT2D eigenvalue weighted by Crippen LogP contribution is -2.68. The van der Waals surface area contributed by atoms with Crippen LogP contribution in [0.3, 0.4) is 0 Å². The van der Waals surface area contributed by atoms with Crippen molar-refractivity contribution in [2.24, 2.45) is 0 Å². The van der Waals surface area contributed by atoms with Crippen molar-refractivity contribution in [1.82, 2.24) is 30.9 Å². The average Bonchev–Trinajstić information content (AvgIpc) is 3.52. The number of aromatic nitrogens is 3. The van der Waals surface area contributed by atoms with Crippen LogP contribution in [0.15, 0.2) is 30.5 Å². The third-order valence-electron chi connectivity index (χ3n) is 7.89. The van der Waals surface area contributed by atoms with Gasteiger partial charge in [0.25, 0.3) is 11.7 Å². The third kappa shape index (κ3) is 12.9. The second-order valence-electron chi connectivity index (χ2n) is 12.0. The number of aliphatic carboxylic acids is 1. The Morgan fingerprint density at radius 3 is 2.54 bits per heavy atom. The van der Waals surface area contributed by atoms with Crippen LogP contribution in [0, 0.1) is 0 Å². The number of nitrogens with one attached hydrogen (secondary N) is 3. The van der Waals surface area contributed by atoms with Gasteiger partial charge in [-0.25, -0.2) is 9.48 Å². The summed E-state index contributed by atoms with van der Waals surface area (Å²) in [7, 11) is 0. The molecule has 0 radical (unpaired) electrons. The number of aliphatic hydroxyl groups is 3. The predicted molar refractivity (Wildman–Crippen MR) is 177 cm³/mol. The standard InChI is InChI=1S/C32H47ClN6O11/c1-20(40)34-11-14-48-15-12-39-19-24(37-38-39)10-5-3-4-6-13-49-32(31(46)47)17-25(42)27(36-21(2)41)29(50-32)28(44)26(43)18-35-30(45)22-8-7-9-23(33)16-22/h7-9,16,19,25-29,42-44H,3-6,10-15,17-18H2,1-2H3,(H,34,40)(H,35,45)(H,36,41)(H,46,47)/t25-,26+,27+,28+,29+,32+/m0/s1. The Hall–Kier alpha value is -3.71. The summed E-state index contributed by atoms with van der Waals surface area (Å²) < 4.78 is 18.6. The molecule has 2 aromatic rings. The van der Waals surface area contributed by atoms with Gasteiger partial charge in [-0.1, -0.05) is 35.7 Å². The van der Waals surface area contributed by atoms with Crippen LogP contribution in [-0.4, -0.2) is 128 Å². The summed E-state index contributed by atoms with van der Waals surface area (Å²) in [5.41, 5.74) is 1.03. The first-order valence-electron chi connectivity index (χ1n) is 16.4. The van der Waals surface area contributed by atoms with Crippen molar-refractivity contribution < 1.29 is 53.8 Å². The van der Waals surface area contributed by atoms with Gasteiger partial charge in [-0.05, 0) is 37.5 Å². The minimum absolute atomic E-state index is 0.0526. The van der Waals surface area contributed by atoms with Gasteiger partial charge in [0, 0.05) is 50.1 Å². The topological polar surface area (TPSA) is 244 Å². The van der Waals surface area contributed by atoms with Gasteiger partial charge in [0.15, 0.2) is 0 Å². The summed E-state index contributed by atoms with van der Waals surface area (Å²) in [5, 5.41) is 59.0. The lowest BCUT2D eigenvalue weighted by molar-refractivity contribution is -0.310. The molecule has 278 valence electrons. The van der Waals surface area contributed by atoms with Crippen LogP contribution in [0.25, 0.3) is 0 Å². The number of rotatable bonds is 21. The van der Waals surface area contributed by atoms with E-state index in [4.69, 9.17) is 25.8 Å². The second kappa shape index (κ2) is 20.2. The van der Waals surface area contributed by atoms with Crippen LogP contribution in [0.4, 0.5) is 0 Å². The summed E-state index contributed by atoms with van der Waals surface area (Å²) in [6.45, 7) is 3.89. The lowest BCUT2D eigenvalue weighted by Gasteiger charge is -2.46. The number of halogens is 1. The Morgan fingerprint density at radius 2 is 1.84 bits per heavy atom. The zero-order chi connectivity index (χ0) is 36.7. The highest BCUT2D eigenvalue weighted by Gasteiger charge is 2.55. The van der Waals surface area contributed by atoms with E-state index in [1.165, 1.54) is 26.0 Å². The van der Waals surface area contributed by atoms with Crippen LogP contribution >= 0.6 is 11.6 Å². The molecule has 0 bridgehead atoms. The fraction of sp³-hybridized carbons (Fsp3) is 0.625. The van der Waals surface area contributed by atoms with Gasteiger partial charge in [0.1, 0.15) is 12.2 Å². The van der Waals surface area contributed by atoms with Crippen LogP contribution in [0.1, 0.15) is 62.0 Å². The first-order valence-corrected chi connectivity index (χ1v) is 16.8. The maximum absolute atomic E-state index is 12.5. The van der Waals surface area contributed by atoms with E-state index in [-0.39, 0.29) is 18.1 Å². The molecule has 2 heterocycles. The second-order valence-corrected chi connectivity index (χ2v) is 12.4. The van der Waals surface area contributed by atoms with Crippen molar-refractivity contribution in [2.45, 2.75) is 95.2 Å². The number of hydrogen-bond donors (Lipinski definition) is 7. The minimum Gasteiger partial charge on any atom is -0.477 e. The van der Waals surface area contributed by atoms with Crippen LogP contribution in [0.5, 0.6) is 0 Å². The van der Waals surface area contributed by atoms with Crippen molar-refractivity contribution in [3.8, 4) is 0 Å². The van der Waals surface area contributed by atoms with E-state index in [2.05, 4.69) is 26.3 Å². The summed E-state index contributed by atoms with van der Waals surface area (Å²) in [5.74, 6) is -5.22. The maximum atomic E-state index is 12.5. The summed E-state index contributed by atoms with van der Waals surface area (Å²) in [6, 6.07) is 4.77. The number of ether oxygens (including phenoxy) is 3. The molecule has 50 heavy (non-hydrogen) atoms. The predicted octanol–water partition coefficient (Wildman–Crippen LogP) is -0.209. The number of carboxylic acids is 1. The Bertz CT molecular complexity index is 1410. The molecular formula is C32H47ClN6O11. The molecule has 1 aromatic heterocycles. The largest absolute Gasteiger partial charge is 0.477 e. The molecular weight excluding hydrogens is 680 g/mol. The highest BCUT2D eigenvalue weighted by atomic mass is 35.5. The first-order chi connectivity index (χ1) is 23.8. The number of carboxylic acid groups (broad SMARTS) is 1. The van der Waals surface area contributed by atoms with Gasteiger partial charge in [-0.15, -0.1) is 5.10 Å². The van der Waals surface area contributed by atoms with E-state index in [0.717, 1.165) is 18.5 Å². The molecule has 1 saturated heterocycles. The van der Waals surface area contributed by atoms with Gasteiger partial charge < -0.3 is 50.6 Å². The van der Waals surface area contributed by atoms with Crippen molar-refractivity contribution >= 4 is 35.3 Å². The number of carbonyl (C=O) groups is 4. The Kier molecular flexibility index (Phi) is 16.5. The number of benzene rings is 1. The molecule has 3 rings (SSSR count). The molecule has 7 N–H and O–H groups in total. The molecule has 1 aliphatic heterocycles. The van der Waals surface area contributed by atoms with Crippen molar-refractivity contribution in [1.29, 1.82) is 0 Å². The zero-order valence-electron chi connectivity index (χ0n) is 28.1. The number of aryl methyl sites for hydroxylation is 1. The number of nitrogens with zero attached hydrogens (tertiary/aromatic N) is 3. The van der Waals surface area contributed by atoms with E-state index in [9.17, 15) is 39.6 Å². The number of amides is 3. The first kappa shape index (κ1) is 40.7. The van der Waals surface area contributed by atoms with E-state index in [1.54, 1.807) is 16.8 Å². The fourth-order valence-electron chi connectivity index (χ4n) is 5.34. The summed E-state index contributed by atoms with van der Waals surface area (Å²) >= 11 is 5.93. The van der Waals surface area contributed by atoms with E-state index in [1.807, 2.05) is 6.20 Å². The van der Waals surface area contributed by atoms with Crippen LogP contribution in [-0.2, 0) is 41.6 Å². The Morgan fingerprint density at radius 1 is 1.08 bits per heavy atom. The molecule has 1 aliphatic rings. The minimum atomic E-state index is -2.38. The van der Waals surface area contributed by atoms with E-state index < -0.39 is 67.0 Å². The van der Waals surface area contributed by atoms with E-state index >= 15 is 0 Å². The smallest absolute Gasteiger partial charge is 0.364 e. The molecule has 17 nitrogen and oxygen atoms in total. The number of aliphatic hydroxyl groups excluding tert-OH is 3. The van der Waals surface area contributed by atoms with Crippen molar-refractivity contribution in [2.75, 3.05) is 32.9 Å². The molecule has 0 spiro atoms. The number of hydrogen-bond acceptors (Lipinski definition) is 12. The highest BCUT2D eigenvalue weighted by molar-refractivity contribution is 6.30. The average molecular weight is 727 g/mol. The van der Waals surface area contributed by atoms with Gasteiger partial charge in [-0.3, -0.25) is 14.4 Å². The van der Waals surface area contributed by atoms with Crippen LogP contribution < -0.4 is 16.0 Å². The van der Waals surface area contributed by atoms with Gasteiger partial charge in [-0.2, -0.15) is 0 Å². The van der Waals surface area contributed by atoms with Crippen molar-refractivity contribution in [3.05, 3.63) is 46.7 Å². The monoisotopic (exact) mass is 726 g/mol. The summed E-state index contributed by atoms with van der Waals surface area (Å²) in [6.07, 6.45) is -2.02. The molecule has 6 atom stereocenters. The molecule has 3 amide bonds. The molecule has 1 fully saturated rings. The van der Waals surface area contributed by atoms with Gasteiger partial charge >= 0.3 is 5.97 Å². The third-order valence-corrected chi connectivity index (χ3v) is 8.13. The Balaban J connectivity index is 1.48. The molecule has 18 heteroatoms. The lowest BCUT2D eigenvalue weighted by atomic mass is 9.88. The highest BCUT2D eigenvalue weighted by Crippen LogP contribution is 2.34. The number of unbranched alkanes of at least 4 members (excludes halogenated alkanes) is 3. The summed E-state index contributed by atoms with van der Waals surface area (Å²) in [4.78, 5) is 47.7. The fourth-order valence-corrected chi connectivity index (χ4v) is 5.53. The molecule has 1 aromatic carbocycles. The quantitative estimate of drug-likeness (QED) is 0.0825. The molecule has 0 aliphatic carbocycles. The van der Waals surface area contributed by atoms with Crippen molar-refractivity contribution in [3.63, 3.8) is 0 Å². The zero-order valence-corrected chi connectivity index (χ0v) is 28.9.